The molecular formula is C16H30N4. The summed E-state index contributed by atoms with van der Waals surface area (Å²) in [5, 5.41) is 4.61. The number of piperidine rings is 1. The molecule has 114 valence electrons. The highest BCUT2D eigenvalue weighted by atomic mass is 15.4. The van der Waals surface area contributed by atoms with E-state index >= 15 is 0 Å². The van der Waals surface area contributed by atoms with Crippen LogP contribution in [0, 0.1) is 5.41 Å². The fraction of sp³-hybridized carbons (Fsp3) is 0.812. The molecule has 1 fully saturated rings. The molecule has 0 amide bonds. The van der Waals surface area contributed by atoms with Crippen LogP contribution >= 0.6 is 0 Å². The second kappa shape index (κ2) is 5.66. The maximum atomic E-state index is 6.34. The molecule has 1 aromatic rings. The van der Waals surface area contributed by atoms with Gasteiger partial charge in [0.15, 0.2) is 0 Å². The van der Waals surface area contributed by atoms with Crippen molar-refractivity contribution in [2.75, 3.05) is 23.7 Å². The van der Waals surface area contributed by atoms with E-state index in [1.807, 2.05) is 11.7 Å². The molecule has 0 aromatic carbocycles. The van der Waals surface area contributed by atoms with Crippen LogP contribution in [0.4, 0.5) is 11.5 Å². The minimum atomic E-state index is 0.380. The first-order valence-corrected chi connectivity index (χ1v) is 8.01. The van der Waals surface area contributed by atoms with E-state index in [2.05, 4.69) is 37.7 Å². The Hall–Kier alpha value is -1.19. The van der Waals surface area contributed by atoms with Crippen molar-refractivity contribution < 1.29 is 0 Å². The lowest BCUT2D eigenvalue weighted by molar-refractivity contribution is 0.199. The summed E-state index contributed by atoms with van der Waals surface area (Å²) >= 11 is 0. The highest BCUT2D eigenvalue weighted by Crippen LogP contribution is 2.40. The van der Waals surface area contributed by atoms with E-state index in [1.54, 1.807) is 0 Å². The number of hydrogen-bond acceptors (Lipinski definition) is 3. The number of anilines is 2. The zero-order valence-corrected chi connectivity index (χ0v) is 13.7. The monoisotopic (exact) mass is 278 g/mol. The highest BCUT2D eigenvalue weighted by Gasteiger charge is 2.33. The van der Waals surface area contributed by atoms with Gasteiger partial charge in [-0.25, -0.2) is 0 Å². The van der Waals surface area contributed by atoms with E-state index in [-0.39, 0.29) is 0 Å². The van der Waals surface area contributed by atoms with Crippen molar-refractivity contribution in [1.29, 1.82) is 0 Å². The quantitative estimate of drug-likeness (QED) is 0.916. The summed E-state index contributed by atoms with van der Waals surface area (Å²) in [7, 11) is 2.01. The maximum Gasteiger partial charge on any atom is 0.150 e. The summed E-state index contributed by atoms with van der Waals surface area (Å²) < 4.78 is 1.97. The van der Waals surface area contributed by atoms with Crippen molar-refractivity contribution in [1.82, 2.24) is 9.78 Å². The normalized spacial score (nSPS) is 18.8. The zero-order chi connectivity index (χ0) is 14.9. The van der Waals surface area contributed by atoms with Crippen LogP contribution < -0.4 is 10.6 Å². The Morgan fingerprint density at radius 3 is 2.15 bits per heavy atom. The molecule has 4 nitrogen and oxygen atoms in total. The molecule has 4 heteroatoms. The molecule has 0 radical (unpaired) electrons. The zero-order valence-electron chi connectivity index (χ0n) is 13.7. The lowest BCUT2D eigenvalue weighted by Gasteiger charge is -2.41. The summed E-state index contributed by atoms with van der Waals surface area (Å²) in [6.07, 6.45) is 5.11. The van der Waals surface area contributed by atoms with Crippen LogP contribution in [0.3, 0.4) is 0 Å². The van der Waals surface area contributed by atoms with Gasteiger partial charge in [-0.15, -0.1) is 0 Å². The number of nitrogens with two attached hydrogens (primary N) is 1. The van der Waals surface area contributed by atoms with Gasteiger partial charge in [0.25, 0.3) is 0 Å². The Kier molecular flexibility index (Phi) is 4.31. The lowest BCUT2D eigenvalue weighted by Crippen LogP contribution is -2.40. The van der Waals surface area contributed by atoms with Gasteiger partial charge in [-0.3, -0.25) is 4.68 Å². The molecule has 1 aliphatic rings. The molecular weight excluding hydrogens is 248 g/mol. The van der Waals surface area contributed by atoms with Crippen LogP contribution in [0.15, 0.2) is 0 Å². The van der Waals surface area contributed by atoms with Gasteiger partial charge in [-0.05, 0) is 24.2 Å². The molecule has 2 rings (SSSR count). The summed E-state index contributed by atoms with van der Waals surface area (Å²) in [5.74, 6) is 1.50. The maximum absolute atomic E-state index is 6.34. The Balaban J connectivity index is 2.19. The van der Waals surface area contributed by atoms with Crippen molar-refractivity contribution in [3.05, 3.63) is 5.69 Å². The molecule has 0 aliphatic carbocycles. The van der Waals surface area contributed by atoms with E-state index in [0.717, 1.165) is 30.3 Å². The van der Waals surface area contributed by atoms with Crippen LogP contribution in [0.2, 0.25) is 0 Å². The number of nitrogens with zero attached hydrogens (tertiary/aromatic N) is 3. The SMILES string of the molecule is CCC1(CC)CCN(c2c(N)c(C(C)C)nn2C)CC1. The minimum Gasteiger partial charge on any atom is -0.394 e. The third kappa shape index (κ3) is 2.52. The van der Waals surface area contributed by atoms with Crippen LogP contribution in [0.1, 0.15) is 65.0 Å². The van der Waals surface area contributed by atoms with Crippen molar-refractivity contribution in [3.8, 4) is 0 Å². The third-order valence-electron chi connectivity index (χ3n) is 5.25. The van der Waals surface area contributed by atoms with Crippen molar-refractivity contribution in [2.45, 2.75) is 59.3 Å². The standard InChI is InChI=1S/C16H30N4/c1-6-16(7-2)8-10-20(11-9-16)15-13(17)14(12(3)4)18-19(15)5/h12H,6-11,17H2,1-5H3. The Bertz CT molecular complexity index is 447. The van der Waals surface area contributed by atoms with E-state index in [9.17, 15) is 0 Å². The van der Waals surface area contributed by atoms with Crippen molar-refractivity contribution in [2.24, 2.45) is 12.5 Å². The van der Waals surface area contributed by atoms with E-state index in [4.69, 9.17) is 5.73 Å². The fourth-order valence-corrected chi connectivity index (χ4v) is 3.50. The molecule has 20 heavy (non-hydrogen) atoms. The van der Waals surface area contributed by atoms with Crippen LogP contribution in [-0.4, -0.2) is 22.9 Å². The number of aromatic nitrogens is 2. The van der Waals surface area contributed by atoms with Gasteiger partial charge >= 0.3 is 0 Å². The third-order valence-corrected chi connectivity index (χ3v) is 5.25. The number of hydrogen-bond donors (Lipinski definition) is 1. The number of rotatable bonds is 4. The molecule has 2 heterocycles. The largest absolute Gasteiger partial charge is 0.394 e. The molecule has 1 aromatic heterocycles. The highest BCUT2D eigenvalue weighted by molar-refractivity contribution is 5.67. The van der Waals surface area contributed by atoms with Gasteiger partial charge in [-0.2, -0.15) is 5.10 Å². The molecule has 0 bridgehead atoms. The van der Waals surface area contributed by atoms with Crippen molar-refractivity contribution >= 4 is 11.5 Å². The van der Waals surface area contributed by atoms with Crippen LogP contribution in [0.5, 0.6) is 0 Å². The summed E-state index contributed by atoms with van der Waals surface area (Å²) in [6, 6.07) is 0. The summed E-state index contributed by atoms with van der Waals surface area (Å²) in [4.78, 5) is 2.43. The van der Waals surface area contributed by atoms with Gasteiger partial charge in [0.05, 0.1) is 11.4 Å². The lowest BCUT2D eigenvalue weighted by atomic mass is 9.74. The predicted octanol–water partition coefficient (Wildman–Crippen LogP) is 3.53. The van der Waals surface area contributed by atoms with Gasteiger partial charge in [-0.1, -0.05) is 40.5 Å². The molecule has 0 saturated carbocycles. The molecule has 1 saturated heterocycles. The first-order valence-electron chi connectivity index (χ1n) is 8.01. The summed E-state index contributed by atoms with van der Waals surface area (Å²) in [6.45, 7) is 11.2. The molecule has 2 N–H and O–H groups in total. The molecule has 1 aliphatic heterocycles. The molecule has 0 spiro atoms. The topological polar surface area (TPSA) is 47.1 Å². The van der Waals surface area contributed by atoms with Gasteiger partial charge < -0.3 is 10.6 Å². The van der Waals surface area contributed by atoms with Gasteiger partial charge in [0.2, 0.25) is 0 Å². The van der Waals surface area contributed by atoms with Gasteiger partial charge in [0.1, 0.15) is 5.82 Å². The van der Waals surface area contributed by atoms with Crippen LogP contribution in [-0.2, 0) is 7.05 Å². The Morgan fingerprint density at radius 2 is 1.75 bits per heavy atom. The van der Waals surface area contributed by atoms with Gasteiger partial charge in [0, 0.05) is 20.1 Å². The summed E-state index contributed by atoms with van der Waals surface area (Å²) in [5.41, 5.74) is 8.80. The van der Waals surface area contributed by atoms with Crippen molar-refractivity contribution in [3.63, 3.8) is 0 Å². The minimum absolute atomic E-state index is 0.380. The predicted molar refractivity (Wildman–Crippen MR) is 86.2 cm³/mol. The first-order chi connectivity index (χ1) is 9.44. The van der Waals surface area contributed by atoms with E-state index in [0.29, 0.717) is 11.3 Å². The Labute approximate surface area is 123 Å². The second-order valence-electron chi connectivity index (χ2n) is 6.59. The van der Waals surface area contributed by atoms with E-state index in [1.165, 1.54) is 25.7 Å². The average molecular weight is 278 g/mol. The van der Waals surface area contributed by atoms with E-state index < -0.39 is 0 Å². The Morgan fingerprint density at radius 1 is 1.20 bits per heavy atom. The molecule has 0 unspecified atom stereocenters. The number of aryl methyl sites for hydroxylation is 1. The first kappa shape index (κ1) is 15.2. The second-order valence-corrected chi connectivity index (χ2v) is 6.59. The fourth-order valence-electron chi connectivity index (χ4n) is 3.50. The molecule has 0 atom stereocenters. The smallest absolute Gasteiger partial charge is 0.150 e. The number of nitrogen functional groups attached to an aromatic ring is 1. The average Bonchev–Trinajstić information content (AvgIpc) is 2.74. The van der Waals surface area contributed by atoms with Crippen LogP contribution in [0.25, 0.3) is 0 Å².